The summed E-state index contributed by atoms with van der Waals surface area (Å²) in [4.78, 5) is 12.0. The molecule has 2 aromatic rings. The predicted molar refractivity (Wildman–Crippen MR) is 78.7 cm³/mol. The summed E-state index contributed by atoms with van der Waals surface area (Å²) in [5, 5.41) is 11.9. The van der Waals surface area contributed by atoms with Crippen LogP contribution in [0.3, 0.4) is 0 Å². The zero-order valence-electron chi connectivity index (χ0n) is 11.3. The fourth-order valence-electron chi connectivity index (χ4n) is 1.82. The molecule has 1 aromatic carbocycles. The highest BCUT2D eigenvalue weighted by Gasteiger charge is 2.21. The van der Waals surface area contributed by atoms with Crippen LogP contribution >= 0.6 is 11.6 Å². The molecular weight excluding hydrogens is 316 g/mol. The van der Waals surface area contributed by atoms with Crippen molar-refractivity contribution in [2.24, 2.45) is 12.2 Å². The van der Waals surface area contributed by atoms with E-state index in [1.165, 1.54) is 17.9 Å². The van der Waals surface area contributed by atoms with Gasteiger partial charge in [-0.15, -0.1) is 0 Å². The van der Waals surface area contributed by atoms with Crippen LogP contribution in [0.25, 0.3) is 0 Å². The van der Waals surface area contributed by atoms with Gasteiger partial charge >= 0.3 is 0 Å². The van der Waals surface area contributed by atoms with Crippen molar-refractivity contribution in [3.63, 3.8) is 0 Å². The monoisotopic (exact) mass is 328 g/mol. The third-order valence-electron chi connectivity index (χ3n) is 2.77. The maximum atomic E-state index is 12.2. The van der Waals surface area contributed by atoms with E-state index in [1.54, 1.807) is 25.1 Å². The van der Waals surface area contributed by atoms with E-state index in [0.717, 1.165) is 0 Å². The molecule has 9 heteroatoms. The fourth-order valence-corrected chi connectivity index (χ4v) is 2.71. The topological polar surface area (TPSA) is 107 Å². The first-order valence-electron chi connectivity index (χ1n) is 5.82. The molecule has 0 aliphatic rings. The standard InChI is InChI=1S/C12H13ClN4O3S/c1-7-5-8(13)3-4-9(7)12(18)15-11-10(21(14,19)20)6-17(2)16-11/h3-6H,1-2H3,(H2,14,19,20)(H,15,16,18). The van der Waals surface area contributed by atoms with Gasteiger partial charge in [-0.05, 0) is 30.7 Å². The summed E-state index contributed by atoms with van der Waals surface area (Å²) in [7, 11) is -2.45. The van der Waals surface area contributed by atoms with Gasteiger partial charge in [-0.2, -0.15) is 5.10 Å². The maximum Gasteiger partial charge on any atom is 0.257 e. The third kappa shape index (κ3) is 3.41. The van der Waals surface area contributed by atoms with Gasteiger partial charge in [-0.1, -0.05) is 11.6 Å². The highest BCUT2D eigenvalue weighted by molar-refractivity contribution is 7.89. The van der Waals surface area contributed by atoms with E-state index in [-0.39, 0.29) is 10.7 Å². The Balaban J connectivity index is 2.36. The molecular formula is C12H13ClN4O3S. The smallest absolute Gasteiger partial charge is 0.257 e. The van der Waals surface area contributed by atoms with Crippen LogP contribution in [-0.2, 0) is 17.1 Å². The van der Waals surface area contributed by atoms with Crippen LogP contribution in [0, 0.1) is 6.92 Å². The number of nitrogens with two attached hydrogens (primary N) is 1. The minimum Gasteiger partial charge on any atom is -0.304 e. The Labute approximate surface area is 126 Å². The van der Waals surface area contributed by atoms with Gasteiger partial charge in [0.15, 0.2) is 5.82 Å². The molecule has 112 valence electrons. The zero-order chi connectivity index (χ0) is 15.8. The number of nitrogens with one attached hydrogen (secondary N) is 1. The van der Waals surface area contributed by atoms with Crippen LogP contribution in [0.5, 0.6) is 0 Å². The van der Waals surface area contributed by atoms with E-state index in [0.29, 0.717) is 16.1 Å². The molecule has 0 radical (unpaired) electrons. The highest BCUT2D eigenvalue weighted by Crippen LogP contribution is 2.20. The molecule has 0 saturated heterocycles. The van der Waals surface area contributed by atoms with Gasteiger partial charge in [0.05, 0.1) is 0 Å². The molecule has 0 aliphatic carbocycles. The number of carbonyl (C=O) groups excluding carboxylic acids is 1. The summed E-state index contributed by atoms with van der Waals surface area (Å²) in [6, 6.07) is 4.75. The van der Waals surface area contributed by atoms with Gasteiger partial charge in [0.2, 0.25) is 10.0 Å². The van der Waals surface area contributed by atoms with Crippen molar-refractivity contribution < 1.29 is 13.2 Å². The molecule has 0 fully saturated rings. The third-order valence-corrected chi connectivity index (χ3v) is 3.91. The van der Waals surface area contributed by atoms with Crippen molar-refractivity contribution in [1.29, 1.82) is 0 Å². The lowest BCUT2D eigenvalue weighted by molar-refractivity contribution is 0.102. The molecule has 0 aliphatic heterocycles. The van der Waals surface area contributed by atoms with Gasteiger partial charge in [0.25, 0.3) is 5.91 Å². The van der Waals surface area contributed by atoms with Crippen molar-refractivity contribution in [3.8, 4) is 0 Å². The number of hydrogen-bond acceptors (Lipinski definition) is 4. The maximum absolute atomic E-state index is 12.2. The number of aryl methyl sites for hydroxylation is 2. The highest BCUT2D eigenvalue weighted by atomic mass is 35.5. The summed E-state index contributed by atoms with van der Waals surface area (Å²) in [5.74, 6) is -0.605. The first kappa shape index (κ1) is 15.5. The lowest BCUT2D eigenvalue weighted by Crippen LogP contribution is -2.18. The van der Waals surface area contributed by atoms with E-state index in [9.17, 15) is 13.2 Å². The second kappa shape index (κ2) is 5.47. The molecule has 1 heterocycles. The number of hydrogen-bond donors (Lipinski definition) is 2. The average Bonchev–Trinajstić information content (AvgIpc) is 2.69. The van der Waals surface area contributed by atoms with E-state index in [4.69, 9.17) is 16.7 Å². The molecule has 0 unspecified atom stereocenters. The molecule has 21 heavy (non-hydrogen) atoms. The molecule has 3 N–H and O–H groups in total. The molecule has 0 atom stereocenters. The minimum absolute atomic E-state index is 0.112. The number of rotatable bonds is 3. The van der Waals surface area contributed by atoms with Crippen LogP contribution in [0.4, 0.5) is 5.82 Å². The van der Waals surface area contributed by atoms with Crippen LogP contribution in [0.2, 0.25) is 5.02 Å². The summed E-state index contributed by atoms with van der Waals surface area (Å²) in [6.45, 7) is 1.72. The summed E-state index contributed by atoms with van der Waals surface area (Å²) in [5.41, 5.74) is 1.03. The minimum atomic E-state index is -3.98. The Bertz CT molecular complexity index is 814. The van der Waals surface area contributed by atoms with Crippen LogP contribution in [-0.4, -0.2) is 24.1 Å². The Kier molecular flexibility index (Phi) is 4.04. The van der Waals surface area contributed by atoms with Gasteiger partial charge in [-0.3, -0.25) is 9.48 Å². The van der Waals surface area contributed by atoms with Gasteiger partial charge in [0, 0.05) is 23.8 Å². The van der Waals surface area contributed by atoms with Crippen molar-refractivity contribution in [2.45, 2.75) is 11.8 Å². The Morgan fingerprint density at radius 2 is 2.10 bits per heavy atom. The number of sulfonamides is 1. The van der Waals surface area contributed by atoms with E-state index < -0.39 is 15.9 Å². The molecule has 1 amide bonds. The number of aromatic nitrogens is 2. The second-order valence-corrected chi connectivity index (χ2v) is 6.44. The fraction of sp³-hybridized carbons (Fsp3) is 0.167. The molecule has 7 nitrogen and oxygen atoms in total. The first-order chi connectivity index (χ1) is 9.68. The van der Waals surface area contributed by atoms with Crippen molar-refractivity contribution in [2.75, 3.05) is 5.32 Å². The van der Waals surface area contributed by atoms with E-state index in [1.807, 2.05) is 0 Å². The van der Waals surface area contributed by atoms with Gasteiger partial charge < -0.3 is 5.32 Å². The van der Waals surface area contributed by atoms with Crippen molar-refractivity contribution in [1.82, 2.24) is 9.78 Å². The Morgan fingerprint density at radius 1 is 1.43 bits per heavy atom. The molecule has 0 bridgehead atoms. The van der Waals surface area contributed by atoms with Gasteiger partial charge in [0.1, 0.15) is 4.90 Å². The number of benzene rings is 1. The summed E-state index contributed by atoms with van der Waals surface area (Å²) < 4.78 is 24.2. The Morgan fingerprint density at radius 3 is 2.67 bits per heavy atom. The SMILES string of the molecule is Cc1cc(Cl)ccc1C(=O)Nc1nn(C)cc1S(N)(=O)=O. The molecule has 2 rings (SSSR count). The lowest BCUT2D eigenvalue weighted by Gasteiger charge is -2.07. The van der Waals surface area contributed by atoms with Crippen molar-refractivity contribution in [3.05, 3.63) is 40.5 Å². The number of anilines is 1. The number of halogens is 1. The first-order valence-corrected chi connectivity index (χ1v) is 7.75. The van der Waals surface area contributed by atoms with Crippen LogP contribution < -0.4 is 10.5 Å². The second-order valence-electron chi connectivity index (χ2n) is 4.47. The van der Waals surface area contributed by atoms with Crippen LogP contribution in [0.1, 0.15) is 15.9 Å². The normalized spacial score (nSPS) is 11.4. The summed E-state index contributed by atoms with van der Waals surface area (Å²) >= 11 is 5.83. The zero-order valence-corrected chi connectivity index (χ0v) is 12.9. The lowest BCUT2D eigenvalue weighted by atomic mass is 10.1. The number of amides is 1. The van der Waals surface area contributed by atoms with Gasteiger partial charge in [-0.25, -0.2) is 13.6 Å². The quantitative estimate of drug-likeness (QED) is 0.884. The number of primary sulfonamides is 1. The average molecular weight is 329 g/mol. The van der Waals surface area contributed by atoms with Crippen LogP contribution in [0.15, 0.2) is 29.3 Å². The molecule has 0 saturated carbocycles. The van der Waals surface area contributed by atoms with Crippen molar-refractivity contribution >= 4 is 33.3 Å². The summed E-state index contributed by atoms with van der Waals surface area (Å²) in [6.07, 6.45) is 1.22. The Hall–Kier alpha value is -1.90. The predicted octanol–water partition coefficient (Wildman–Crippen LogP) is 1.28. The number of nitrogens with zero attached hydrogens (tertiary/aromatic N) is 2. The number of carbonyl (C=O) groups is 1. The molecule has 0 spiro atoms. The largest absolute Gasteiger partial charge is 0.304 e. The molecule has 1 aromatic heterocycles. The van der Waals surface area contributed by atoms with E-state index >= 15 is 0 Å². The van der Waals surface area contributed by atoms with E-state index in [2.05, 4.69) is 10.4 Å².